The fraction of sp³-hybridized carbons (Fsp3) is 0.200. The summed E-state index contributed by atoms with van der Waals surface area (Å²) in [6, 6.07) is 7.35. The zero-order valence-electron chi connectivity index (χ0n) is 15.7. The summed E-state index contributed by atoms with van der Waals surface area (Å²) in [5, 5.41) is 11.5. The van der Waals surface area contributed by atoms with Crippen LogP contribution in [0.2, 0.25) is 0 Å². The van der Waals surface area contributed by atoms with Crippen LogP contribution in [0.3, 0.4) is 0 Å². The molecule has 4 rings (SSSR count). The molecule has 2 N–H and O–H groups in total. The molecule has 31 heavy (non-hydrogen) atoms. The second-order valence-electron chi connectivity index (χ2n) is 6.53. The second kappa shape index (κ2) is 7.84. The number of ether oxygens (including phenoxy) is 3. The number of halogens is 3. The van der Waals surface area contributed by atoms with Gasteiger partial charge in [0.15, 0.2) is 17.2 Å². The Balaban J connectivity index is 1.65. The van der Waals surface area contributed by atoms with Gasteiger partial charge in [-0.25, -0.2) is 0 Å². The van der Waals surface area contributed by atoms with E-state index in [4.69, 9.17) is 19.3 Å². The fourth-order valence-corrected chi connectivity index (χ4v) is 3.02. The number of fused-ring (bicyclic) bond motifs is 1. The summed E-state index contributed by atoms with van der Waals surface area (Å²) in [4.78, 5) is 25.1. The van der Waals surface area contributed by atoms with E-state index in [1.165, 1.54) is 6.07 Å². The van der Waals surface area contributed by atoms with Crippen LogP contribution in [0.4, 0.5) is 18.9 Å². The largest absolute Gasteiger partial charge is 0.455 e. The number of carbonyl (C=O) groups excluding carboxylic acids is 2. The van der Waals surface area contributed by atoms with Crippen molar-refractivity contribution in [2.24, 2.45) is 0 Å². The van der Waals surface area contributed by atoms with Crippen molar-refractivity contribution in [2.75, 3.05) is 25.3 Å². The van der Waals surface area contributed by atoms with E-state index >= 15 is 0 Å². The number of hydrogen-bond donors (Lipinski definition) is 2. The van der Waals surface area contributed by atoms with E-state index in [2.05, 4.69) is 5.32 Å². The molecular formula is C20H15F3N2O6. The van der Waals surface area contributed by atoms with Crippen molar-refractivity contribution in [3.8, 4) is 23.0 Å². The molecule has 0 radical (unpaired) electrons. The van der Waals surface area contributed by atoms with Crippen molar-refractivity contribution in [1.82, 2.24) is 4.90 Å². The summed E-state index contributed by atoms with van der Waals surface area (Å²) < 4.78 is 55.8. The Morgan fingerprint density at radius 1 is 1.10 bits per heavy atom. The number of imide groups is 1. The number of nitrogens with zero attached hydrogens (tertiary/aromatic N) is 1. The third kappa shape index (κ3) is 4.12. The van der Waals surface area contributed by atoms with E-state index in [1.807, 2.05) is 0 Å². The maximum atomic E-state index is 13.2. The van der Waals surface area contributed by atoms with Crippen LogP contribution in [0, 0.1) is 0 Å². The summed E-state index contributed by atoms with van der Waals surface area (Å²) in [5.41, 5.74) is -1.39. The molecule has 2 heterocycles. The number of β-amino-alcohol motifs (C(OH)–C–C–N with tert-alkyl or cyclic N) is 1. The Bertz CT molecular complexity index is 1080. The number of aliphatic hydroxyl groups is 1. The standard InChI is InChI=1S/C20H15F3N2O6/c21-20(22,23)11-1-3-15(31-12-2-4-16-17(8-12)30-10-29-16)13(7-11)24-14-9-18(27)25(5-6-26)19(14)28/h1-4,7-9,24,26H,5-6,10H2. The molecule has 0 fully saturated rings. The lowest BCUT2D eigenvalue weighted by molar-refractivity contribution is -0.138. The van der Waals surface area contributed by atoms with Gasteiger partial charge in [0.05, 0.1) is 24.4 Å². The van der Waals surface area contributed by atoms with Crippen LogP contribution < -0.4 is 19.5 Å². The maximum Gasteiger partial charge on any atom is 0.416 e. The minimum atomic E-state index is -4.64. The number of carbonyl (C=O) groups is 2. The highest BCUT2D eigenvalue weighted by molar-refractivity contribution is 6.17. The first-order valence-electron chi connectivity index (χ1n) is 9.00. The highest BCUT2D eigenvalue weighted by Gasteiger charge is 2.34. The van der Waals surface area contributed by atoms with Gasteiger partial charge in [-0.2, -0.15) is 13.2 Å². The SMILES string of the molecule is O=C1C=C(Nc2cc(C(F)(F)F)ccc2Oc2ccc3c(c2)OCO3)C(=O)N1CCO. The maximum absolute atomic E-state index is 13.2. The highest BCUT2D eigenvalue weighted by atomic mass is 19.4. The van der Waals surface area contributed by atoms with Crippen molar-refractivity contribution in [3.05, 3.63) is 53.7 Å². The number of aliphatic hydroxyl groups excluding tert-OH is 1. The first-order chi connectivity index (χ1) is 14.8. The number of hydrogen-bond acceptors (Lipinski definition) is 7. The number of anilines is 1. The van der Waals surface area contributed by atoms with E-state index in [0.717, 1.165) is 29.2 Å². The zero-order valence-corrected chi connectivity index (χ0v) is 15.7. The van der Waals surface area contributed by atoms with Gasteiger partial charge in [0, 0.05) is 12.1 Å². The summed E-state index contributed by atoms with van der Waals surface area (Å²) in [5.74, 6) is -0.303. The molecule has 0 saturated carbocycles. The van der Waals surface area contributed by atoms with Crippen molar-refractivity contribution < 1.29 is 42.1 Å². The number of rotatable bonds is 6. The molecule has 0 aromatic heterocycles. The molecule has 11 heteroatoms. The van der Waals surface area contributed by atoms with Crippen LogP contribution in [0.25, 0.3) is 0 Å². The zero-order chi connectivity index (χ0) is 22.2. The van der Waals surface area contributed by atoms with Crippen LogP contribution >= 0.6 is 0 Å². The lowest BCUT2D eigenvalue weighted by Crippen LogP contribution is -2.34. The quantitative estimate of drug-likeness (QED) is 0.672. The van der Waals surface area contributed by atoms with Gasteiger partial charge in [-0.3, -0.25) is 14.5 Å². The lowest BCUT2D eigenvalue weighted by Gasteiger charge is -2.17. The third-order valence-electron chi connectivity index (χ3n) is 4.48. The average Bonchev–Trinajstić information content (AvgIpc) is 3.28. The molecular weight excluding hydrogens is 421 g/mol. The number of alkyl halides is 3. The van der Waals surface area contributed by atoms with E-state index in [1.54, 1.807) is 12.1 Å². The molecule has 0 atom stereocenters. The smallest absolute Gasteiger partial charge is 0.416 e. The van der Waals surface area contributed by atoms with Crippen LogP contribution in [-0.4, -0.2) is 41.8 Å². The van der Waals surface area contributed by atoms with Crippen molar-refractivity contribution in [2.45, 2.75) is 6.18 Å². The van der Waals surface area contributed by atoms with Gasteiger partial charge >= 0.3 is 6.18 Å². The van der Waals surface area contributed by atoms with Crippen LogP contribution in [0.5, 0.6) is 23.0 Å². The fourth-order valence-electron chi connectivity index (χ4n) is 3.02. The van der Waals surface area contributed by atoms with Gasteiger partial charge in [0.2, 0.25) is 6.79 Å². The molecule has 0 unspecified atom stereocenters. The molecule has 2 aromatic carbocycles. The predicted octanol–water partition coefficient (Wildman–Crippen LogP) is 2.88. The normalized spacial score (nSPS) is 15.4. The van der Waals surface area contributed by atoms with Crippen molar-refractivity contribution in [1.29, 1.82) is 0 Å². The first-order valence-corrected chi connectivity index (χ1v) is 9.00. The van der Waals surface area contributed by atoms with Crippen molar-refractivity contribution in [3.63, 3.8) is 0 Å². The lowest BCUT2D eigenvalue weighted by atomic mass is 10.1. The molecule has 2 amide bonds. The van der Waals surface area contributed by atoms with Gasteiger partial charge in [-0.15, -0.1) is 0 Å². The van der Waals surface area contributed by atoms with Gasteiger partial charge in [0.25, 0.3) is 11.8 Å². The van der Waals surface area contributed by atoms with Crippen LogP contribution in [0.1, 0.15) is 5.56 Å². The Kier molecular flexibility index (Phi) is 5.19. The van der Waals surface area contributed by atoms with Gasteiger partial charge in [-0.1, -0.05) is 0 Å². The molecule has 0 bridgehead atoms. The third-order valence-corrected chi connectivity index (χ3v) is 4.48. The Morgan fingerprint density at radius 2 is 1.87 bits per heavy atom. The predicted molar refractivity (Wildman–Crippen MR) is 99.6 cm³/mol. The van der Waals surface area contributed by atoms with Crippen molar-refractivity contribution >= 4 is 17.5 Å². The molecule has 0 spiro atoms. The Hall–Kier alpha value is -3.73. The first kappa shape index (κ1) is 20.5. The molecule has 0 saturated heterocycles. The Labute approximate surface area is 173 Å². The second-order valence-corrected chi connectivity index (χ2v) is 6.53. The molecule has 0 aliphatic carbocycles. The summed E-state index contributed by atoms with van der Waals surface area (Å²) in [7, 11) is 0. The van der Waals surface area contributed by atoms with Crippen LogP contribution in [0.15, 0.2) is 48.2 Å². The topological polar surface area (TPSA) is 97.3 Å². The molecule has 2 aliphatic rings. The van der Waals surface area contributed by atoms with E-state index < -0.39 is 30.2 Å². The summed E-state index contributed by atoms with van der Waals surface area (Å²) in [6.07, 6.45) is -3.69. The minimum Gasteiger partial charge on any atom is -0.455 e. The van der Waals surface area contributed by atoms with E-state index in [9.17, 15) is 22.8 Å². The molecule has 8 nitrogen and oxygen atoms in total. The van der Waals surface area contributed by atoms with Crippen LogP contribution in [-0.2, 0) is 15.8 Å². The minimum absolute atomic E-state index is 0.0198. The van der Waals surface area contributed by atoms with Gasteiger partial charge in [-0.05, 0) is 30.3 Å². The van der Waals surface area contributed by atoms with Gasteiger partial charge in [0.1, 0.15) is 11.4 Å². The molecule has 2 aromatic rings. The van der Waals surface area contributed by atoms with E-state index in [-0.39, 0.29) is 36.2 Å². The number of benzene rings is 2. The summed E-state index contributed by atoms with van der Waals surface area (Å²) in [6.45, 7) is -0.635. The Morgan fingerprint density at radius 3 is 2.61 bits per heavy atom. The molecule has 2 aliphatic heterocycles. The highest BCUT2D eigenvalue weighted by Crippen LogP contribution is 2.40. The number of nitrogens with one attached hydrogen (secondary N) is 1. The number of amides is 2. The molecule has 162 valence electrons. The average molecular weight is 436 g/mol. The van der Waals surface area contributed by atoms with Gasteiger partial charge < -0.3 is 24.6 Å². The summed E-state index contributed by atoms with van der Waals surface area (Å²) >= 11 is 0. The monoisotopic (exact) mass is 436 g/mol. The van der Waals surface area contributed by atoms with E-state index in [0.29, 0.717) is 11.5 Å².